The molecule has 0 amide bonds. The quantitative estimate of drug-likeness (QED) is 0.573. The number of H-pyrrole nitrogens is 1. The van der Waals surface area contributed by atoms with E-state index in [4.69, 9.17) is 0 Å². The van der Waals surface area contributed by atoms with Crippen molar-refractivity contribution in [1.82, 2.24) is 4.98 Å². The molecular weight excluding hydrogens is 298 g/mol. The molecule has 0 saturated carbocycles. The van der Waals surface area contributed by atoms with Crippen molar-refractivity contribution in [3.05, 3.63) is 48.0 Å². The lowest BCUT2D eigenvalue weighted by atomic mass is 10.0. The van der Waals surface area contributed by atoms with Gasteiger partial charge < -0.3 is 4.98 Å². The molecule has 0 aliphatic carbocycles. The molecule has 3 rings (SSSR count). The summed E-state index contributed by atoms with van der Waals surface area (Å²) in [6, 6.07) is 15.3. The third kappa shape index (κ3) is 2.42. The SMILES string of the molecule is CCCCC(Br)c1ccc2[nH]c3ccccc3c2c1. The van der Waals surface area contributed by atoms with Gasteiger partial charge in [0, 0.05) is 26.6 Å². The minimum Gasteiger partial charge on any atom is -0.355 e. The molecule has 2 aromatic carbocycles. The van der Waals surface area contributed by atoms with E-state index in [0.717, 1.165) is 0 Å². The topological polar surface area (TPSA) is 15.8 Å². The van der Waals surface area contributed by atoms with Gasteiger partial charge >= 0.3 is 0 Å². The van der Waals surface area contributed by atoms with Crippen LogP contribution in [0.5, 0.6) is 0 Å². The van der Waals surface area contributed by atoms with Crippen LogP contribution in [0.1, 0.15) is 36.6 Å². The largest absolute Gasteiger partial charge is 0.355 e. The normalized spacial score (nSPS) is 13.2. The van der Waals surface area contributed by atoms with Crippen molar-refractivity contribution in [1.29, 1.82) is 0 Å². The number of fused-ring (bicyclic) bond motifs is 3. The highest BCUT2D eigenvalue weighted by atomic mass is 79.9. The standard InChI is InChI=1S/C17H18BrN/c1-2-3-7-15(18)12-9-10-17-14(11-12)13-6-4-5-8-16(13)19-17/h4-6,8-11,15,19H,2-3,7H2,1H3. The Morgan fingerprint density at radius 2 is 1.84 bits per heavy atom. The van der Waals surface area contributed by atoms with Crippen LogP contribution in [0.2, 0.25) is 0 Å². The summed E-state index contributed by atoms with van der Waals surface area (Å²) in [4.78, 5) is 3.94. The van der Waals surface area contributed by atoms with Gasteiger partial charge in [-0.25, -0.2) is 0 Å². The maximum atomic E-state index is 3.81. The van der Waals surface area contributed by atoms with Gasteiger partial charge in [0.05, 0.1) is 0 Å². The van der Waals surface area contributed by atoms with Crippen LogP contribution in [0.25, 0.3) is 21.8 Å². The van der Waals surface area contributed by atoms with Crippen molar-refractivity contribution in [3.8, 4) is 0 Å². The van der Waals surface area contributed by atoms with Crippen LogP contribution in [0.15, 0.2) is 42.5 Å². The van der Waals surface area contributed by atoms with Crippen molar-refractivity contribution >= 4 is 37.7 Å². The first-order chi connectivity index (χ1) is 9.29. The summed E-state index contributed by atoms with van der Waals surface area (Å²) < 4.78 is 0. The summed E-state index contributed by atoms with van der Waals surface area (Å²) in [6.45, 7) is 2.24. The first-order valence-electron chi connectivity index (χ1n) is 6.94. The van der Waals surface area contributed by atoms with Gasteiger partial charge in [-0.05, 0) is 30.2 Å². The predicted molar refractivity (Wildman–Crippen MR) is 87.0 cm³/mol. The molecule has 3 aromatic rings. The Balaban J connectivity index is 2.06. The molecular formula is C17H18BrN. The van der Waals surface area contributed by atoms with E-state index in [1.54, 1.807) is 0 Å². The zero-order valence-corrected chi connectivity index (χ0v) is 12.7. The van der Waals surface area contributed by atoms with Gasteiger partial charge in [0.2, 0.25) is 0 Å². The second-order valence-electron chi connectivity index (χ2n) is 5.09. The molecule has 0 saturated heterocycles. The maximum Gasteiger partial charge on any atom is 0.0465 e. The number of halogens is 1. The number of aromatic nitrogens is 1. The van der Waals surface area contributed by atoms with E-state index in [1.165, 1.54) is 46.6 Å². The fourth-order valence-corrected chi connectivity index (χ4v) is 3.22. The lowest BCUT2D eigenvalue weighted by Gasteiger charge is -2.09. The number of hydrogen-bond acceptors (Lipinski definition) is 0. The van der Waals surface area contributed by atoms with E-state index in [9.17, 15) is 0 Å². The van der Waals surface area contributed by atoms with Gasteiger partial charge in [-0.3, -0.25) is 0 Å². The van der Waals surface area contributed by atoms with Gasteiger partial charge in [0.15, 0.2) is 0 Å². The number of aromatic amines is 1. The monoisotopic (exact) mass is 315 g/mol. The Hall–Kier alpha value is -1.28. The van der Waals surface area contributed by atoms with Gasteiger partial charge in [0.25, 0.3) is 0 Å². The highest BCUT2D eigenvalue weighted by molar-refractivity contribution is 9.09. The van der Waals surface area contributed by atoms with E-state index in [2.05, 4.69) is 70.3 Å². The molecule has 0 spiro atoms. The number of benzene rings is 2. The Bertz CT molecular complexity index is 699. The van der Waals surface area contributed by atoms with Crippen LogP contribution < -0.4 is 0 Å². The molecule has 1 unspecified atom stereocenters. The molecule has 0 aliphatic heterocycles. The molecule has 2 heteroatoms. The van der Waals surface area contributed by atoms with Crippen molar-refractivity contribution in [2.24, 2.45) is 0 Å². The van der Waals surface area contributed by atoms with Gasteiger partial charge in [0.1, 0.15) is 0 Å². The average molecular weight is 316 g/mol. The minimum atomic E-state index is 0.463. The summed E-state index contributed by atoms with van der Waals surface area (Å²) in [5.74, 6) is 0. The minimum absolute atomic E-state index is 0.463. The molecule has 1 nitrogen and oxygen atoms in total. The summed E-state index contributed by atoms with van der Waals surface area (Å²) in [7, 11) is 0. The van der Waals surface area contributed by atoms with E-state index in [1.807, 2.05) is 0 Å². The molecule has 1 aromatic heterocycles. The van der Waals surface area contributed by atoms with Gasteiger partial charge in [-0.15, -0.1) is 0 Å². The molecule has 1 N–H and O–H groups in total. The molecule has 0 bridgehead atoms. The molecule has 19 heavy (non-hydrogen) atoms. The van der Waals surface area contributed by atoms with Crippen molar-refractivity contribution in [2.45, 2.75) is 31.0 Å². The highest BCUT2D eigenvalue weighted by Gasteiger charge is 2.10. The lowest BCUT2D eigenvalue weighted by molar-refractivity contribution is 0.713. The van der Waals surface area contributed by atoms with Crippen LogP contribution in [0.3, 0.4) is 0 Å². The fourth-order valence-electron chi connectivity index (χ4n) is 2.61. The Morgan fingerprint density at radius 1 is 1.05 bits per heavy atom. The first-order valence-corrected chi connectivity index (χ1v) is 7.85. The van der Waals surface area contributed by atoms with Gasteiger partial charge in [-0.2, -0.15) is 0 Å². The number of hydrogen-bond donors (Lipinski definition) is 1. The molecule has 0 aliphatic rings. The third-order valence-corrected chi connectivity index (χ3v) is 4.69. The van der Waals surface area contributed by atoms with Crippen LogP contribution in [0, 0.1) is 0 Å². The lowest BCUT2D eigenvalue weighted by Crippen LogP contribution is -1.89. The van der Waals surface area contributed by atoms with E-state index in [-0.39, 0.29) is 0 Å². The zero-order chi connectivity index (χ0) is 13.2. The average Bonchev–Trinajstić information content (AvgIpc) is 2.82. The smallest absolute Gasteiger partial charge is 0.0465 e. The summed E-state index contributed by atoms with van der Waals surface area (Å²) in [5.41, 5.74) is 3.82. The summed E-state index contributed by atoms with van der Waals surface area (Å²) in [6.07, 6.45) is 3.71. The Morgan fingerprint density at radius 3 is 2.68 bits per heavy atom. The highest BCUT2D eigenvalue weighted by Crippen LogP contribution is 2.33. The first kappa shape index (κ1) is 12.7. The number of nitrogens with one attached hydrogen (secondary N) is 1. The van der Waals surface area contributed by atoms with Crippen LogP contribution >= 0.6 is 15.9 Å². The summed E-state index contributed by atoms with van der Waals surface area (Å²) >= 11 is 3.81. The molecule has 1 heterocycles. The predicted octanol–water partition coefficient (Wildman–Crippen LogP) is 5.95. The van der Waals surface area contributed by atoms with E-state index >= 15 is 0 Å². The van der Waals surface area contributed by atoms with Crippen molar-refractivity contribution in [2.75, 3.05) is 0 Å². The summed E-state index contributed by atoms with van der Waals surface area (Å²) in [5, 5.41) is 2.64. The van der Waals surface area contributed by atoms with Crippen LogP contribution in [-0.2, 0) is 0 Å². The fraction of sp³-hybridized carbons (Fsp3) is 0.294. The van der Waals surface area contributed by atoms with Crippen molar-refractivity contribution < 1.29 is 0 Å². The number of para-hydroxylation sites is 1. The van der Waals surface area contributed by atoms with E-state index < -0.39 is 0 Å². The van der Waals surface area contributed by atoms with Crippen LogP contribution in [-0.4, -0.2) is 4.98 Å². The molecule has 98 valence electrons. The number of rotatable bonds is 4. The second-order valence-corrected chi connectivity index (χ2v) is 6.19. The number of alkyl halides is 1. The van der Waals surface area contributed by atoms with E-state index in [0.29, 0.717) is 4.83 Å². The van der Waals surface area contributed by atoms with Gasteiger partial charge in [-0.1, -0.05) is 60.0 Å². The molecule has 1 atom stereocenters. The second kappa shape index (κ2) is 5.38. The Kier molecular flexibility index (Phi) is 3.61. The molecule has 0 radical (unpaired) electrons. The van der Waals surface area contributed by atoms with Crippen molar-refractivity contribution in [3.63, 3.8) is 0 Å². The number of unbranched alkanes of at least 4 members (excludes halogenated alkanes) is 1. The maximum absolute atomic E-state index is 3.81. The molecule has 0 fully saturated rings. The zero-order valence-electron chi connectivity index (χ0n) is 11.1. The Labute approximate surface area is 122 Å². The van der Waals surface area contributed by atoms with Crippen LogP contribution in [0.4, 0.5) is 0 Å². The third-order valence-electron chi connectivity index (χ3n) is 3.70.